The lowest BCUT2D eigenvalue weighted by Gasteiger charge is -2.04. The van der Waals surface area contributed by atoms with Gasteiger partial charge in [0.25, 0.3) is 5.69 Å². The fraction of sp³-hybridized carbons (Fsp3) is 0.154. The average Bonchev–Trinajstić information content (AvgIpc) is 2.50. The third-order valence-electron chi connectivity index (χ3n) is 2.45. The summed E-state index contributed by atoms with van der Waals surface area (Å²) in [5.41, 5.74) is -0.734. The predicted molar refractivity (Wildman–Crippen MR) is 69.5 cm³/mol. The molecule has 8 nitrogen and oxygen atoms in total. The van der Waals surface area contributed by atoms with Crippen molar-refractivity contribution in [2.45, 2.75) is 0 Å². The van der Waals surface area contributed by atoms with Crippen molar-refractivity contribution in [2.75, 3.05) is 14.2 Å². The van der Waals surface area contributed by atoms with Crippen LogP contribution in [0.5, 0.6) is 0 Å². The SMILES string of the molecule is COC(=O)/C=C(/C(=O)OC)C(=O)c1ccc([N+](=O)[O-])cc1. The number of rotatable bonds is 5. The fourth-order valence-electron chi connectivity index (χ4n) is 1.39. The number of benzene rings is 1. The molecule has 0 heterocycles. The molecular weight excluding hydrogens is 282 g/mol. The largest absolute Gasteiger partial charge is 0.466 e. The topological polar surface area (TPSA) is 113 Å². The molecule has 0 aliphatic heterocycles. The van der Waals surface area contributed by atoms with Gasteiger partial charge in [0.1, 0.15) is 5.57 Å². The maximum absolute atomic E-state index is 12.1. The van der Waals surface area contributed by atoms with Gasteiger partial charge in [-0.2, -0.15) is 0 Å². The van der Waals surface area contributed by atoms with E-state index in [9.17, 15) is 24.5 Å². The molecule has 0 radical (unpaired) electrons. The first-order chi connectivity index (χ1) is 9.90. The number of esters is 2. The number of hydrogen-bond donors (Lipinski definition) is 0. The van der Waals surface area contributed by atoms with Crippen molar-refractivity contribution < 1.29 is 28.8 Å². The van der Waals surface area contributed by atoms with Crippen molar-refractivity contribution in [3.05, 3.63) is 51.6 Å². The summed E-state index contributed by atoms with van der Waals surface area (Å²) in [5.74, 6) is -2.71. The van der Waals surface area contributed by atoms with E-state index in [1.165, 1.54) is 12.1 Å². The van der Waals surface area contributed by atoms with Gasteiger partial charge in [-0.3, -0.25) is 14.9 Å². The molecule has 0 aliphatic rings. The second-order valence-corrected chi connectivity index (χ2v) is 3.71. The van der Waals surface area contributed by atoms with Crippen LogP contribution in [-0.2, 0) is 19.1 Å². The van der Waals surface area contributed by atoms with Crippen molar-refractivity contribution in [1.82, 2.24) is 0 Å². The van der Waals surface area contributed by atoms with Crippen LogP contribution in [0.15, 0.2) is 35.9 Å². The van der Waals surface area contributed by atoms with Gasteiger partial charge in [-0.25, -0.2) is 9.59 Å². The Kier molecular flexibility index (Phi) is 5.30. The van der Waals surface area contributed by atoms with Gasteiger partial charge >= 0.3 is 11.9 Å². The minimum absolute atomic E-state index is 0.00107. The number of non-ortho nitro benzene ring substituents is 1. The number of carbonyl (C=O) groups is 3. The number of nitrogens with zero attached hydrogens (tertiary/aromatic N) is 1. The molecule has 0 bridgehead atoms. The zero-order chi connectivity index (χ0) is 16.0. The lowest BCUT2D eigenvalue weighted by atomic mass is 10.0. The fourth-order valence-corrected chi connectivity index (χ4v) is 1.39. The summed E-state index contributed by atoms with van der Waals surface area (Å²) in [6.45, 7) is 0. The Morgan fingerprint density at radius 3 is 2.10 bits per heavy atom. The van der Waals surface area contributed by atoms with Gasteiger partial charge in [0.15, 0.2) is 0 Å². The molecular formula is C13H11NO7. The summed E-state index contributed by atoms with van der Waals surface area (Å²) >= 11 is 0. The van der Waals surface area contributed by atoms with Crippen molar-refractivity contribution in [3.8, 4) is 0 Å². The highest BCUT2D eigenvalue weighted by molar-refractivity contribution is 6.26. The molecule has 0 spiro atoms. The van der Waals surface area contributed by atoms with E-state index in [4.69, 9.17) is 0 Å². The molecule has 21 heavy (non-hydrogen) atoms. The molecule has 0 fully saturated rings. The van der Waals surface area contributed by atoms with Crippen LogP contribution in [0, 0.1) is 10.1 Å². The van der Waals surface area contributed by atoms with Crippen LogP contribution in [-0.4, -0.2) is 36.9 Å². The maximum Gasteiger partial charge on any atom is 0.342 e. The summed E-state index contributed by atoms with van der Waals surface area (Å²) in [6, 6.07) is 4.57. The molecule has 1 aromatic carbocycles. The Bertz CT molecular complexity index is 616. The second kappa shape index (κ2) is 6.94. The Hall–Kier alpha value is -3.03. The highest BCUT2D eigenvalue weighted by atomic mass is 16.6. The Labute approximate surface area is 119 Å². The zero-order valence-corrected chi connectivity index (χ0v) is 11.2. The van der Waals surface area contributed by atoms with Crippen molar-refractivity contribution in [3.63, 3.8) is 0 Å². The first-order valence-corrected chi connectivity index (χ1v) is 5.57. The molecule has 1 rings (SSSR count). The molecule has 0 saturated heterocycles. The highest BCUT2D eigenvalue weighted by Gasteiger charge is 2.22. The van der Waals surface area contributed by atoms with Crippen LogP contribution in [0.1, 0.15) is 10.4 Å². The van der Waals surface area contributed by atoms with Crippen molar-refractivity contribution in [1.29, 1.82) is 0 Å². The van der Waals surface area contributed by atoms with E-state index >= 15 is 0 Å². The summed E-state index contributed by atoms with van der Waals surface area (Å²) in [4.78, 5) is 44.7. The molecule has 0 amide bonds. The van der Waals surface area contributed by atoms with Gasteiger partial charge in [-0.05, 0) is 12.1 Å². The lowest BCUT2D eigenvalue weighted by Crippen LogP contribution is -2.17. The third-order valence-corrected chi connectivity index (χ3v) is 2.45. The van der Waals surface area contributed by atoms with Gasteiger partial charge in [-0.1, -0.05) is 0 Å². The van der Waals surface area contributed by atoms with Gasteiger partial charge in [0.2, 0.25) is 5.78 Å². The quantitative estimate of drug-likeness (QED) is 0.152. The van der Waals surface area contributed by atoms with Gasteiger partial charge in [-0.15, -0.1) is 0 Å². The molecule has 0 aliphatic carbocycles. The Morgan fingerprint density at radius 1 is 1.10 bits per heavy atom. The normalized spacial score (nSPS) is 10.7. The highest BCUT2D eigenvalue weighted by Crippen LogP contribution is 2.15. The minimum Gasteiger partial charge on any atom is -0.466 e. The third kappa shape index (κ3) is 3.96. The molecule has 0 aromatic heterocycles. The first kappa shape index (κ1) is 16.0. The molecule has 0 saturated carbocycles. The first-order valence-electron chi connectivity index (χ1n) is 5.57. The van der Waals surface area contributed by atoms with Crippen molar-refractivity contribution >= 4 is 23.4 Å². The van der Waals surface area contributed by atoms with E-state index in [2.05, 4.69) is 9.47 Å². The van der Waals surface area contributed by atoms with Crippen LogP contribution >= 0.6 is 0 Å². The predicted octanol–water partition coefficient (Wildman–Crippen LogP) is 1.05. The van der Waals surface area contributed by atoms with Crippen LogP contribution in [0.4, 0.5) is 5.69 Å². The van der Waals surface area contributed by atoms with Crippen LogP contribution in [0.25, 0.3) is 0 Å². The molecule has 0 N–H and O–H groups in total. The number of carbonyl (C=O) groups excluding carboxylic acids is 3. The number of nitro groups is 1. The molecule has 0 atom stereocenters. The molecule has 1 aromatic rings. The monoisotopic (exact) mass is 293 g/mol. The number of methoxy groups -OCH3 is 2. The smallest absolute Gasteiger partial charge is 0.342 e. The van der Waals surface area contributed by atoms with E-state index in [0.29, 0.717) is 6.08 Å². The second-order valence-electron chi connectivity index (χ2n) is 3.71. The van der Waals surface area contributed by atoms with E-state index in [1.54, 1.807) is 0 Å². The molecule has 0 unspecified atom stereocenters. The van der Waals surface area contributed by atoms with Gasteiger partial charge in [0, 0.05) is 23.8 Å². The van der Waals surface area contributed by atoms with E-state index < -0.39 is 28.2 Å². The lowest BCUT2D eigenvalue weighted by molar-refractivity contribution is -0.384. The number of nitro benzene ring substituents is 1. The van der Waals surface area contributed by atoms with Gasteiger partial charge in [0.05, 0.1) is 19.1 Å². The van der Waals surface area contributed by atoms with Crippen LogP contribution in [0.2, 0.25) is 0 Å². The maximum atomic E-state index is 12.1. The summed E-state index contributed by atoms with van der Waals surface area (Å²) in [5, 5.41) is 10.5. The van der Waals surface area contributed by atoms with Crippen LogP contribution in [0.3, 0.4) is 0 Å². The standard InChI is InChI=1S/C13H11NO7/c1-20-11(15)7-10(13(17)21-2)12(16)8-3-5-9(6-4-8)14(18)19/h3-7H,1-2H3/b10-7+. The number of Topliss-reactive ketones (excluding diaryl/α,β-unsaturated/α-hetero) is 1. The minimum atomic E-state index is -1.01. The van der Waals surface area contributed by atoms with Crippen LogP contribution < -0.4 is 0 Å². The summed E-state index contributed by atoms with van der Waals surface area (Å²) in [7, 11) is 2.14. The van der Waals surface area contributed by atoms with Gasteiger partial charge < -0.3 is 9.47 Å². The Balaban J connectivity index is 3.16. The number of hydrogen-bond acceptors (Lipinski definition) is 7. The summed E-state index contributed by atoms with van der Waals surface area (Å²) < 4.78 is 8.77. The van der Waals surface area contributed by atoms with E-state index in [0.717, 1.165) is 26.4 Å². The van der Waals surface area contributed by atoms with Crippen molar-refractivity contribution in [2.24, 2.45) is 0 Å². The molecule has 110 valence electrons. The number of ketones is 1. The number of ether oxygens (including phenoxy) is 2. The summed E-state index contributed by atoms with van der Waals surface area (Å²) in [6.07, 6.45) is 0.704. The Morgan fingerprint density at radius 2 is 1.67 bits per heavy atom. The van der Waals surface area contributed by atoms with E-state index in [1.807, 2.05) is 0 Å². The average molecular weight is 293 g/mol. The van der Waals surface area contributed by atoms with E-state index in [-0.39, 0.29) is 11.3 Å². The molecule has 8 heteroatoms. The zero-order valence-electron chi connectivity index (χ0n) is 11.2.